The number of nitrogens with zero attached hydrogens (tertiary/aromatic N) is 3. The maximum Gasteiger partial charge on any atom is 0.133 e. The summed E-state index contributed by atoms with van der Waals surface area (Å²) >= 11 is 0. The molecule has 0 bridgehead atoms. The fourth-order valence-corrected chi connectivity index (χ4v) is 3.11. The van der Waals surface area contributed by atoms with Gasteiger partial charge in [0.25, 0.3) is 0 Å². The molecule has 21 heavy (non-hydrogen) atoms. The van der Waals surface area contributed by atoms with E-state index in [9.17, 15) is 0 Å². The Morgan fingerprint density at radius 1 is 1.19 bits per heavy atom. The van der Waals surface area contributed by atoms with Crippen molar-refractivity contribution in [1.82, 2.24) is 14.9 Å². The molecule has 1 aliphatic rings. The van der Waals surface area contributed by atoms with Crippen LogP contribution in [0, 0.1) is 0 Å². The zero-order chi connectivity index (χ0) is 15.1. The summed E-state index contributed by atoms with van der Waals surface area (Å²) in [7, 11) is 0. The van der Waals surface area contributed by atoms with E-state index in [-0.39, 0.29) is 0 Å². The van der Waals surface area contributed by atoms with Crippen molar-refractivity contribution in [1.29, 1.82) is 0 Å². The van der Waals surface area contributed by atoms with Gasteiger partial charge < -0.3 is 10.2 Å². The van der Waals surface area contributed by atoms with E-state index in [1.807, 2.05) is 0 Å². The van der Waals surface area contributed by atoms with Gasteiger partial charge in [-0.05, 0) is 65.1 Å². The van der Waals surface area contributed by atoms with Crippen LogP contribution in [0.3, 0.4) is 0 Å². The number of hydrogen-bond donors (Lipinski definition) is 1. The number of aryl methyl sites for hydroxylation is 1. The predicted octanol–water partition coefficient (Wildman–Crippen LogP) is 3.28. The molecular formula is C17H30N4. The minimum atomic E-state index is 0.474. The van der Waals surface area contributed by atoms with E-state index in [2.05, 4.69) is 41.0 Å². The molecule has 0 aliphatic heterocycles. The minimum absolute atomic E-state index is 0.474. The second-order valence-electron chi connectivity index (χ2n) is 6.07. The molecule has 1 atom stereocenters. The average Bonchev–Trinajstić information content (AvgIpc) is 2.52. The van der Waals surface area contributed by atoms with Gasteiger partial charge in [0.2, 0.25) is 0 Å². The van der Waals surface area contributed by atoms with Crippen molar-refractivity contribution < 1.29 is 0 Å². The van der Waals surface area contributed by atoms with Gasteiger partial charge in [-0.3, -0.25) is 0 Å². The van der Waals surface area contributed by atoms with Crippen LogP contribution in [0.15, 0.2) is 6.33 Å². The average molecular weight is 290 g/mol. The Hall–Kier alpha value is -1.16. The molecule has 2 rings (SSSR count). The second-order valence-corrected chi connectivity index (χ2v) is 6.07. The van der Waals surface area contributed by atoms with E-state index < -0.39 is 0 Å². The van der Waals surface area contributed by atoms with Gasteiger partial charge in [-0.2, -0.15) is 0 Å². The predicted molar refractivity (Wildman–Crippen MR) is 88.8 cm³/mol. The maximum atomic E-state index is 4.47. The van der Waals surface area contributed by atoms with Gasteiger partial charge in [-0.1, -0.05) is 13.8 Å². The number of hydrogen-bond acceptors (Lipinski definition) is 4. The molecule has 0 radical (unpaired) electrons. The number of anilines is 1. The number of fused-ring (bicyclic) bond motifs is 1. The van der Waals surface area contributed by atoms with Crippen LogP contribution in [0.2, 0.25) is 0 Å². The first-order valence-electron chi connectivity index (χ1n) is 8.56. The summed E-state index contributed by atoms with van der Waals surface area (Å²) in [5.74, 6) is 1.08. The standard InChI is InChI=1S/C17H30N4/c1-4-21(5-2)12-8-9-14(3)20-17-15-10-6-7-11-16(15)18-13-19-17/h13-14H,4-12H2,1-3H3,(H,18,19,20). The van der Waals surface area contributed by atoms with Crippen LogP contribution in [0.1, 0.15) is 57.7 Å². The van der Waals surface area contributed by atoms with Crippen molar-refractivity contribution in [3.05, 3.63) is 17.6 Å². The third kappa shape index (κ3) is 4.67. The monoisotopic (exact) mass is 290 g/mol. The largest absolute Gasteiger partial charge is 0.367 e. The Morgan fingerprint density at radius 3 is 2.71 bits per heavy atom. The van der Waals surface area contributed by atoms with Crippen molar-refractivity contribution in [2.75, 3.05) is 25.0 Å². The molecule has 0 aromatic carbocycles. The van der Waals surface area contributed by atoms with E-state index in [1.54, 1.807) is 6.33 Å². The van der Waals surface area contributed by atoms with Gasteiger partial charge in [0.05, 0.1) is 0 Å². The highest BCUT2D eigenvalue weighted by molar-refractivity contribution is 5.47. The summed E-state index contributed by atoms with van der Waals surface area (Å²) in [5, 5.41) is 3.61. The van der Waals surface area contributed by atoms with E-state index in [0.717, 1.165) is 31.7 Å². The molecule has 4 nitrogen and oxygen atoms in total. The lowest BCUT2D eigenvalue weighted by atomic mass is 9.96. The van der Waals surface area contributed by atoms with Crippen LogP contribution < -0.4 is 5.32 Å². The Bertz CT molecular complexity index is 429. The molecule has 1 aromatic heterocycles. The quantitative estimate of drug-likeness (QED) is 0.798. The minimum Gasteiger partial charge on any atom is -0.367 e. The van der Waals surface area contributed by atoms with Crippen LogP contribution in [0.25, 0.3) is 0 Å². The zero-order valence-corrected chi connectivity index (χ0v) is 13.9. The molecule has 1 unspecified atom stereocenters. The number of nitrogens with one attached hydrogen (secondary N) is 1. The number of aromatic nitrogens is 2. The van der Waals surface area contributed by atoms with Gasteiger partial charge in [-0.15, -0.1) is 0 Å². The Kier molecular flexibility index (Phi) is 6.43. The van der Waals surface area contributed by atoms with Crippen molar-refractivity contribution in [2.24, 2.45) is 0 Å². The van der Waals surface area contributed by atoms with Crippen LogP contribution in [-0.4, -0.2) is 40.5 Å². The van der Waals surface area contributed by atoms with Gasteiger partial charge >= 0.3 is 0 Å². The Labute approximate surface area is 129 Å². The fourth-order valence-electron chi connectivity index (χ4n) is 3.11. The topological polar surface area (TPSA) is 41.0 Å². The zero-order valence-electron chi connectivity index (χ0n) is 13.9. The smallest absolute Gasteiger partial charge is 0.133 e. The molecular weight excluding hydrogens is 260 g/mol. The molecule has 1 N–H and O–H groups in total. The van der Waals surface area contributed by atoms with Gasteiger partial charge in [0, 0.05) is 17.3 Å². The molecule has 0 amide bonds. The maximum absolute atomic E-state index is 4.47. The van der Waals surface area contributed by atoms with Gasteiger partial charge in [0.1, 0.15) is 12.1 Å². The summed E-state index contributed by atoms with van der Waals surface area (Å²) in [6.45, 7) is 10.2. The molecule has 1 heterocycles. The molecule has 0 saturated heterocycles. The molecule has 4 heteroatoms. The van der Waals surface area contributed by atoms with Gasteiger partial charge in [-0.25, -0.2) is 9.97 Å². The van der Waals surface area contributed by atoms with Crippen molar-refractivity contribution in [3.8, 4) is 0 Å². The Morgan fingerprint density at radius 2 is 1.95 bits per heavy atom. The fraction of sp³-hybridized carbons (Fsp3) is 0.765. The first-order valence-corrected chi connectivity index (χ1v) is 8.56. The van der Waals surface area contributed by atoms with E-state index in [1.165, 1.54) is 43.5 Å². The summed E-state index contributed by atoms with van der Waals surface area (Å²) in [6.07, 6.45) is 8.93. The van der Waals surface area contributed by atoms with Crippen LogP contribution >= 0.6 is 0 Å². The van der Waals surface area contributed by atoms with E-state index in [0.29, 0.717) is 6.04 Å². The van der Waals surface area contributed by atoms with E-state index >= 15 is 0 Å². The van der Waals surface area contributed by atoms with Crippen molar-refractivity contribution >= 4 is 5.82 Å². The summed E-state index contributed by atoms with van der Waals surface area (Å²) in [4.78, 5) is 11.4. The highest BCUT2D eigenvalue weighted by atomic mass is 15.1. The lowest BCUT2D eigenvalue weighted by Crippen LogP contribution is -2.26. The van der Waals surface area contributed by atoms with Crippen LogP contribution in [0.5, 0.6) is 0 Å². The first kappa shape index (κ1) is 16.2. The molecule has 0 saturated carbocycles. The lowest BCUT2D eigenvalue weighted by molar-refractivity contribution is 0.295. The highest BCUT2D eigenvalue weighted by Gasteiger charge is 2.16. The molecule has 1 aliphatic carbocycles. The summed E-state index contributed by atoms with van der Waals surface area (Å²) in [6, 6.07) is 0.474. The second kappa shape index (κ2) is 8.32. The Balaban J connectivity index is 1.84. The van der Waals surface area contributed by atoms with Crippen molar-refractivity contribution in [2.45, 2.75) is 65.3 Å². The normalized spacial score (nSPS) is 15.8. The number of rotatable bonds is 8. The molecule has 118 valence electrons. The SMILES string of the molecule is CCN(CC)CCCC(C)Nc1ncnc2c1CCCC2. The lowest BCUT2D eigenvalue weighted by Gasteiger charge is -2.22. The summed E-state index contributed by atoms with van der Waals surface area (Å²) in [5.41, 5.74) is 2.62. The van der Waals surface area contributed by atoms with Gasteiger partial charge in [0.15, 0.2) is 0 Å². The van der Waals surface area contributed by atoms with Crippen LogP contribution in [-0.2, 0) is 12.8 Å². The molecule has 0 spiro atoms. The third-order valence-corrected chi connectivity index (χ3v) is 4.51. The summed E-state index contributed by atoms with van der Waals surface area (Å²) < 4.78 is 0. The molecule has 0 fully saturated rings. The van der Waals surface area contributed by atoms with Crippen LogP contribution in [0.4, 0.5) is 5.82 Å². The third-order valence-electron chi connectivity index (χ3n) is 4.51. The highest BCUT2D eigenvalue weighted by Crippen LogP contribution is 2.25. The first-order chi connectivity index (χ1) is 10.2. The molecule has 1 aromatic rings. The van der Waals surface area contributed by atoms with Crippen molar-refractivity contribution in [3.63, 3.8) is 0 Å². The van der Waals surface area contributed by atoms with E-state index in [4.69, 9.17) is 0 Å².